The molecule has 1 N–H and O–H groups in total. The lowest BCUT2D eigenvalue weighted by Gasteiger charge is -2.15. The lowest BCUT2D eigenvalue weighted by atomic mass is 10.1. The van der Waals surface area contributed by atoms with Crippen LogP contribution in [-0.4, -0.2) is 42.7 Å². The fraction of sp³-hybridized carbons (Fsp3) is 0.583. The maximum Gasteiger partial charge on any atom is 0.264 e. The molecule has 1 saturated heterocycles. The number of amides is 1. The largest absolute Gasteiger partial charge is 0.496 e. The minimum Gasteiger partial charge on any atom is -0.496 e. The number of aliphatic hydroxyl groups is 1. The quantitative estimate of drug-likeness (QED) is 0.889. The van der Waals surface area contributed by atoms with Crippen LogP contribution in [0.25, 0.3) is 0 Å². The summed E-state index contributed by atoms with van der Waals surface area (Å²) in [4.78, 5) is 14.7. The van der Waals surface area contributed by atoms with Crippen molar-refractivity contribution in [3.05, 3.63) is 16.3 Å². The molecule has 94 valence electrons. The number of ether oxygens (including phenoxy) is 1. The van der Waals surface area contributed by atoms with Gasteiger partial charge in [0, 0.05) is 31.1 Å². The zero-order valence-corrected chi connectivity index (χ0v) is 10.7. The maximum absolute atomic E-state index is 12.1. The fourth-order valence-electron chi connectivity index (χ4n) is 2.13. The standard InChI is InChI=1S/C12H17NO3S/c1-16-10-6-11(17-8-10)12(15)13-4-2-9(7-13)3-5-14/h6,8-9,14H,2-5,7H2,1H3. The molecule has 1 unspecified atom stereocenters. The zero-order valence-electron chi connectivity index (χ0n) is 9.89. The molecule has 0 spiro atoms. The van der Waals surface area contributed by atoms with Crippen molar-refractivity contribution in [1.82, 2.24) is 4.90 Å². The van der Waals surface area contributed by atoms with Gasteiger partial charge in [-0.1, -0.05) is 0 Å². The molecule has 1 aromatic rings. The number of likely N-dealkylation sites (tertiary alicyclic amines) is 1. The number of thiophene rings is 1. The summed E-state index contributed by atoms with van der Waals surface area (Å²) in [7, 11) is 1.60. The van der Waals surface area contributed by atoms with E-state index >= 15 is 0 Å². The molecule has 1 aliphatic rings. The van der Waals surface area contributed by atoms with E-state index in [4.69, 9.17) is 9.84 Å². The van der Waals surface area contributed by atoms with Gasteiger partial charge in [-0.05, 0) is 18.8 Å². The Hall–Kier alpha value is -1.07. The normalized spacial score (nSPS) is 19.6. The first-order chi connectivity index (χ1) is 8.24. The van der Waals surface area contributed by atoms with Crippen LogP contribution >= 0.6 is 11.3 Å². The van der Waals surface area contributed by atoms with Crippen molar-refractivity contribution in [1.29, 1.82) is 0 Å². The molecule has 0 bridgehead atoms. The van der Waals surface area contributed by atoms with Crippen molar-refractivity contribution in [2.24, 2.45) is 5.92 Å². The topological polar surface area (TPSA) is 49.8 Å². The molecule has 0 saturated carbocycles. The van der Waals surface area contributed by atoms with Gasteiger partial charge in [0.05, 0.1) is 12.0 Å². The monoisotopic (exact) mass is 255 g/mol. The van der Waals surface area contributed by atoms with Crippen LogP contribution in [0.4, 0.5) is 0 Å². The van der Waals surface area contributed by atoms with E-state index in [0.717, 1.165) is 36.6 Å². The second-order valence-corrected chi connectivity index (χ2v) is 5.18. The summed E-state index contributed by atoms with van der Waals surface area (Å²) in [6, 6.07) is 1.78. The maximum atomic E-state index is 12.1. The average molecular weight is 255 g/mol. The summed E-state index contributed by atoms with van der Waals surface area (Å²) in [6.45, 7) is 1.77. The molecule has 17 heavy (non-hydrogen) atoms. The van der Waals surface area contributed by atoms with Crippen LogP contribution in [0.1, 0.15) is 22.5 Å². The Morgan fingerprint density at radius 3 is 3.18 bits per heavy atom. The number of hydrogen-bond donors (Lipinski definition) is 1. The van der Waals surface area contributed by atoms with Crippen LogP contribution in [0.3, 0.4) is 0 Å². The van der Waals surface area contributed by atoms with Gasteiger partial charge in [0.25, 0.3) is 5.91 Å². The van der Waals surface area contributed by atoms with Crippen LogP contribution in [0.5, 0.6) is 5.75 Å². The van der Waals surface area contributed by atoms with Gasteiger partial charge >= 0.3 is 0 Å². The first-order valence-electron chi connectivity index (χ1n) is 5.77. The van der Waals surface area contributed by atoms with E-state index in [-0.39, 0.29) is 12.5 Å². The summed E-state index contributed by atoms with van der Waals surface area (Å²) in [5.74, 6) is 1.27. The highest BCUT2D eigenvalue weighted by atomic mass is 32.1. The number of aliphatic hydroxyl groups excluding tert-OH is 1. The van der Waals surface area contributed by atoms with Crippen molar-refractivity contribution >= 4 is 17.2 Å². The van der Waals surface area contributed by atoms with Crippen LogP contribution in [0.2, 0.25) is 0 Å². The number of methoxy groups -OCH3 is 1. The minimum atomic E-state index is 0.0822. The third-order valence-electron chi connectivity index (χ3n) is 3.13. The van der Waals surface area contributed by atoms with Crippen molar-refractivity contribution in [3.63, 3.8) is 0 Å². The van der Waals surface area contributed by atoms with Crippen LogP contribution in [-0.2, 0) is 0 Å². The van der Waals surface area contributed by atoms with Gasteiger partial charge in [-0.2, -0.15) is 0 Å². The smallest absolute Gasteiger partial charge is 0.264 e. The Morgan fingerprint density at radius 1 is 1.71 bits per heavy atom. The molecule has 1 amide bonds. The average Bonchev–Trinajstić information content (AvgIpc) is 2.97. The van der Waals surface area contributed by atoms with Crippen molar-refractivity contribution in [2.45, 2.75) is 12.8 Å². The number of carbonyl (C=O) groups excluding carboxylic acids is 1. The van der Waals surface area contributed by atoms with Crippen LogP contribution < -0.4 is 4.74 Å². The summed E-state index contributed by atoms with van der Waals surface area (Å²) < 4.78 is 5.07. The molecular formula is C12H17NO3S. The third kappa shape index (κ3) is 2.79. The Balaban J connectivity index is 1.96. The third-order valence-corrected chi connectivity index (χ3v) is 4.03. The van der Waals surface area contributed by atoms with E-state index in [9.17, 15) is 4.79 Å². The molecule has 0 radical (unpaired) electrons. The van der Waals surface area contributed by atoms with Gasteiger partial charge in [-0.25, -0.2) is 0 Å². The Morgan fingerprint density at radius 2 is 2.53 bits per heavy atom. The zero-order chi connectivity index (χ0) is 12.3. The van der Waals surface area contributed by atoms with Gasteiger partial charge < -0.3 is 14.7 Å². The summed E-state index contributed by atoms with van der Waals surface area (Å²) >= 11 is 1.42. The highest BCUT2D eigenvalue weighted by Gasteiger charge is 2.27. The van der Waals surface area contributed by atoms with E-state index in [2.05, 4.69) is 0 Å². The summed E-state index contributed by atoms with van der Waals surface area (Å²) in [6.07, 6.45) is 1.78. The molecular weight excluding hydrogens is 238 g/mol. The second kappa shape index (κ2) is 5.51. The SMILES string of the molecule is COc1csc(C(=O)N2CCC(CCO)C2)c1. The van der Waals surface area contributed by atoms with Crippen LogP contribution in [0.15, 0.2) is 11.4 Å². The first kappa shape index (κ1) is 12.4. The van der Waals surface area contributed by atoms with Gasteiger partial charge in [0.2, 0.25) is 0 Å². The van der Waals surface area contributed by atoms with E-state index < -0.39 is 0 Å². The predicted octanol–water partition coefficient (Wildman–Crippen LogP) is 1.60. The molecule has 0 aromatic carbocycles. The lowest BCUT2D eigenvalue weighted by molar-refractivity contribution is 0.0789. The summed E-state index contributed by atoms with van der Waals surface area (Å²) in [5.41, 5.74) is 0. The molecule has 0 aliphatic carbocycles. The predicted molar refractivity (Wildman–Crippen MR) is 66.6 cm³/mol. The second-order valence-electron chi connectivity index (χ2n) is 4.27. The summed E-state index contributed by atoms with van der Waals surface area (Å²) in [5, 5.41) is 10.7. The van der Waals surface area contributed by atoms with Gasteiger partial charge in [-0.15, -0.1) is 11.3 Å². The highest BCUT2D eigenvalue weighted by Crippen LogP contribution is 2.26. The Kier molecular flexibility index (Phi) is 4.02. The lowest BCUT2D eigenvalue weighted by Crippen LogP contribution is -2.28. The van der Waals surface area contributed by atoms with Gasteiger partial charge in [0.15, 0.2) is 0 Å². The molecule has 4 nitrogen and oxygen atoms in total. The number of rotatable bonds is 4. The Labute approximate surface area is 105 Å². The molecule has 1 atom stereocenters. The van der Waals surface area contributed by atoms with Crippen molar-refractivity contribution in [3.8, 4) is 5.75 Å². The van der Waals surface area contributed by atoms with Crippen molar-refractivity contribution in [2.75, 3.05) is 26.8 Å². The van der Waals surface area contributed by atoms with Gasteiger partial charge in [0.1, 0.15) is 5.75 Å². The number of carbonyl (C=O) groups is 1. The van der Waals surface area contributed by atoms with Crippen LogP contribution in [0, 0.1) is 5.92 Å². The Bertz CT molecular complexity index is 391. The molecule has 1 aliphatic heterocycles. The minimum absolute atomic E-state index is 0.0822. The van der Waals surface area contributed by atoms with E-state index in [1.165, 1.54) is 11.3 Å². The fourth-order valence-corrected chi connectivity index (χ4v) is 2.95. The van der Waals surface area contributed by atoms with E-state index in [1.54, 1.807) is 13.2 Å². The first-order valence-corrected chi connectivity index (χ1v) is 6.65. The molecule has 2 rings (SSSR count). The molecule has 1 fully saturated rings. The van der Waals surface area contributed by atoms with E-state index in [1.807, 2.05) is 10.3 Å². The number of hydrogen-bond acceptors (Lipinski definition) is 4. The molecule has 2 heterocycles. The number of nitrogens with zero attached hydrogens (tertiary/aromatic N) is 1. The van der Waals surface area contributed by atoms with Gasteiger partial charge in [-0.3, -0.25) is 4.79 Å². The molecule has 5 heteroatoms. The molecule has 1 aromatic heterocycles. The van der Waals surface area contributed by atoms with Crippen molar-refractivity contribution < 1.29 is 14.6 Å². The highest BCUT2D eigenvalue weighted by molar-refractivity contribution is 7.12. The van der Waals surface area contributed by atoms with E-state index in [0.29, 0.717) is 5.92 Å².